The third-order valence-electron chi connectivity index (χ3n) is 4.70. The molecule has 6 nitrogen and oxygen atoms in total. The van der Waals surface area contributed by atoms with Crippen molar-refractivity contribution >= 4 is 34.3 Å². The fourth-order valence-electron chi connectivity index (χ4n) is 3.12. The van der Waals surface area contributed by atoms with Crippen molar-refractivity contribution in [2.75, 3.05) is 18.5 Å². The van der Waals surface area contributed by atoms with Gasteiger partial charge in [-0.05, 0) is 43.2 Å². The van der Waals surface area contributed by atoms with E-state index in [2.05, 4.69) is 5.32 Å². The largest absolute Gasteiger partial charge is 0.493 e. The molecule has 0 aliphatic heterocycles. The van der Waals surface area contributed by atoms with Crippen LogP contribution in [0, 0.1) is 17.1 Å². The first-order valence-electron chi connectivity index (χ1n) is 10.7. The van der Waals surface area contributed by atoms with E-state index in [0.717, 1.165) is 17.8 Å². The Balaban J connectivity index is 1.94. The van der Waals surface area contributed by atoms with Crippen LogP contribution in [0.15, 0.2) is 59.5 Å². The van der Waals surface area contributed by atoms with Crippen LogP contribution in [0.1, 0.15) is 36.2 Å². The number of para-hydroxylation sites is 1. The van der Waals surface area contributed by atoms with E-state index in [1.54, 1.807) is 42.6 Å². The molecule has 0 saturated heterocycles. The van der Waals surface area contributed by atoms with E-state index in [-0.39, 0.29) is 22.7 Å². The van der Waals surface area contributed by atoms with Gasteiger partial charge in [0.15, 0.2) is 0 Å². The standard InChI is InChI=1S/C26H23FN2O4S/c1-3-13-33-22-8-6-5-7-18(22)14-19(15-28)24(30)29-25-23(26(31)32-4-2)21(16-34-25)17-9-11-20(27)12-10-17/h5-12,14,16H,3-4,13H2,1-2H3,(H,29,30). The molecule has 8 heteroatoms. The van der Waals surface area contributed by atoms with Crippen molar-refractivity contribution in [2.24, 2.45) is 0 Å². The fraction of sp³-hybridized carbons (Fsp3) is 0.192. The monoisotopic (exact) mass is 478 g/mol. The molecule has 0 bridgehead atoms. The van der Waals surface area contributed by atoms with E-state index < -0.39 is 17.7 Å². The van der Waals surface area contributed by atoms with Gasteiger partial charge in [0.1, 0.15) is 33.8 Å². The first-order chi connectivity index (χ1) is 16.5. The summed E-state index contributed by atoms with van der Waals surface area (Å²) in [4.78, 5) is 25.7. The molecule has 0 unspecified atom stereocenters. The number of rotatable bonds is 9. The Bertz CT molecular complexity index is 1240. The summed E-state index contributed by atoms with van der Waals surface area (Å²) in [5.41, 5.74) is 1.68. The van der Waals surface area contributed by atoms with Gasteiger partial charge in [-0.25, -0.2) is 9.18 Å². The Morgan fingerprint density at radius 2 is 1.88 bits per heavy atom. The quantitative estimate of drug-likeness (QED) is 0.229. The second-order valence-corrected chi connectivity index (χ2v) is 7.97. The van der Waals surface area contributed by atoms with Crippen molar-refractivity contribution in [1.29, 1.82) is 5.26 Å². The number of anilines is 1. The van der Waals surface area contributed by atoms with Crippen LogP contribution in [-0.4, -0.2) is 25.1 Å². The van der Waals surface area contributed by atoms with E-state index in [1.807, 2.05) is 19.1 Å². The van der Waals surface area contributed by atoms with Crippen molar-refractivity contribution in [3.05, 3.63) is 76.4 Å². The number of amides is 1. The molecule has 1 amide bonds. The molecule has 0 spiro atoms. The zero-order chi connectivity index (χ0) is 24.5. The van der Waals surface area contributed by atoms with E-state index in [1.165, 1.54) is 18.2 Å². The minimum Gasteiger partial charge on any atom is -0.493 e. The maximum absolute atomic E-state index is 13.4. The Morgan fingerprint density at radius 3 is 2.56 bits per heavy atom. The molecule has 0 radical (unpaired) electrons. The fourth-order valence-corrected chi connectivity index (χ4v) is 4.07. The normalized spacial score (nSPS) is 10.9. The van der Waals surface area contributed by atoms with E-state index >= 15 is 0 Å². The van der Waals surface area contributed by atoms with Crippen molar-refractivity contribution in [3.8, 4) is 22.9 Å². The molecule has 34 heavy (non-hydrogen) atoms. The van der Waals surface area contributed by atoms with Crippen LogP contribution < -0.4 is 10.1 Å². The molecular weight excluding hydrogens is 455 g/mol. The SMILES string of the molecule is CCCOc1ccccc1C=C(C#N)C(=O)Nc1scc(-c2ccc(F)cc2)c1C(=O)OCC. The third-order valence-corrected chi connectivity index (χ3v) is 5.59. The number of carbonyl (C=O) groups is 2. The lowest BCUT2D eigenvalue weighted by molar-refractivity contribution is -0.112. The highest BCUT2D eigenvalue weighted by atomic mass is 32.1. The van der Waals surface area contributed by atoms with E-state index in [4.69, 9.17) is 9.47 Å². The Morgan fingerprint density at radius 1 is 1.15 bits per heavy atom. The van der Waals surface area contributed by atoms with Crippen LogP contribution in [0.5, 0.6) is 5.75 Å². The minimum absolute atomic E-state index is 0.142. The smallest absolute Gasteiger partial charge is 0.341 e. The lowest BCUT2D eigenvalue weighted by Gasteiger charge is -2.10. The molecule has 1 aromatic heterocycles. The van der Waals surface area contributed by atoms with Crippen molar-refractivity contribution < 1.29 is 23.5 Å². The summed E-state index contributed by atoms with van der Waals surface area (Å²) >= 11 is 1.12. The number of carbonyl (C=O) groups excluding carboxylic acids is 2. The number of esters is 1. The number of ether oxygens (including phenoxy) is 2. The number of nitriles is 1. The summed E-state index contributed by atoms with van der Waals surface area (Å²) in [5.74, 6) is -1.14. The number of hydrogen-bond donors (Lipinski definition) is 1. The zero-order valence-electron chi connectivity index (χ0n) is 18.8. The second-order valence-electron chi connectivity index (χ2n) is 7.09. The molecule has 2 aromatic carbocycles. The molecule has 3 rings (SSSR count). The van der Waals surface area contributed by atoms with Gasteiger partial charge in [-0.1, -0.05) is 37.3 Å². The van der Waals surface area contributed by atoms with Gasteiger partial charge in [-0.15, -0.1) is 11.3 Å². The molecule has 0 fully saturated rings. The first kappa shape index (κ1) is 24.7. The van der Waals surface area contributed by atoms with E-state index in [9.17, 15) is 19.2 Å². The summed E-state index contributed by atoms with van der Waals surface area (Å²) in [6.45, 7) is 4.30. The van der Waals surface area contributed by atoms with Crippen LogP contribution in [0.25, 0.3) is 17.2 Å². The van der Waals surface area contributed by atoms with Crippen molar-refractivity contribution in [3.63, 3.8) is 0 Å². The van der Waals surface area contributed by atoms with Crippen LogP contribution in [0.4, 0.5) is 9.39 Å². The number of halogens is 1. The lowest BCUT2D eigenvalue weighted by atomic mass is 10.0. The summed E-state index contributed by atoms with van der Waals surface area (Å²) in [7, 11) is 0. The summed E-state index contributed by atoms with van der Waals surface area (Å²) < 4.78 is 24.2. The molecule has 174 valence electrons. The molecular formula is C26H23FN2O4S. The Kier molecular flexibility index (Phi) is 8.54. The summed E-state index contributed by atoms with van der Waals surface area (Å²) in [6.07, 6.45) is 2.26. The highest BCUT2D eigenvalue weighted by Crippen LogP contribution is 2.36. The molecule has 1 N–H and O–H groups in total. The van der Waals surface area contributed by atoms with Gasteiger partial charge in [0.2, 0.25) is 0 Å². The maximum Gasteiger partial charge on any atom is 0.341 e. The highest BCUT2D eigenvalue weighted by molar-refractivity contribution is 7.15. The third kappa shape index (κ3) is 5.88. The van der Waals surface area contributed by atoms with Crippen LogP contribution >= 0.6 is 11.3 Å². The topological polar surface area (TPSA) is 88.4 Å². The van der Waals surface area contributed by atoms with Crippen molar-refractivity contribution in [1.82, 2.24) is 0 Å². The van der Waals surface area contributed by atoms with Crippen LogP contribution in [0.3, 0.4) is 0 Å². The van der Waals surface area contributed by atoms with Gasteiger partial charge >= 0.3 is 5.97 Å². The minimum atomic E-state index is -0.675. The van der Waals surface area contributed by atoms with Gasteiger partial charge in [-0.3, -0.25) is 4.79 Å². The lowest BCUT2D eigenvalue weighted by Crippen LogP contribution is -2.16. The number of thiophene rings is 1. The molecule has 1 heterocycles. The average molecular weight is 479 g/mol. The maximum atomic E-state index is 13.4. The van der Waals surface area contributed by atoms with Crippen LogP contribution in [-0.2, 0) is 9.53 Å². The molecule has 3 aromatic rings. The predicted octanol–water partition coefficient (Wildman–Crippen LogP) is 6.07. The number of hydrogen-bond acceptors (Lipinski definition) is 6. The summed E-state index contributed by atoms with van der Waals surface area (Å²) in [6, 6.07) is 14.7. The van der Waals surface area contributed by atoms with Gasteiger partial charge in [-0.2, -0.15) is 5.26 Å². The molecule has 0 saturated carbocycles. The second kappa shape index (κ2) is 11.8. The first-order valence-corrected chi connectivity index (χ1v) is 11.6. The number of benzene rings is 2. The highest BCUT2D eigenvalue weighted by Gasteiger charge is 2.24. The van der Waals surface area contributed by atoms with Crippen molar-refractivity contribution in [2.45, 2.75) is 20.3 Å². The van der Waals surface area contributed by atoms with Gasteiger partial charge in [0.05, 0.1) is 13.2 Å². The van der Waals surface area contributed by atoms with Crippen LogP contribution in [0.2, 0.25) is 0 Å². The number of nitrogens with zero attached hydrogens (tertiary/aromatic N) is 1. The number of nitrogens with one attached hydrogen (secondary N) is 1. The Hall–Kier alpha value is -3.96. The Labute approximate surface area is 201 Å². The predicted molar refractivity (Wildman–Crippen MR) is 130 cm³/mol. The molecule has 0 atom stereocenters. The molecule has 0 aliphatic rings. The average Bonchev–Trinajstić information content (AvgIpc) is 3.25. The van der Waals surface area contributed by atoms with Gasteiger partial charge in [0.25, 0.3) is 5.91 Å². The van der Waals surface area contributed by atoms with E-state index in [0.29, 0.717) is 29.0 Å². The van der Waals surface area contributed by atoms with Gasteiger partial charge < -0.3 is 14.8 Å². The zero-order valence-corrected chi connectivity index (χ0v) is 19.6. The summed E-state index contributed by atoms with van der Waals surface area (Å²) in [5, 5.41) is 14.2. The van der Waals surface area contributed by atoms with Gasteiger partial charge in [0, 0.05) is 16.5 Å². The molecule has 0 aliphatic carbocycles.